The largest absolute Gasteiger partial charge is 0.481 e. The molecule has 1 aromatic carbocycles. The van der Waals surface area contributed by atoms with Gasteiger partial charge in [-0.15, -0.1) is 0 Å². The van der Waals surface area contributed by atoms with Crippen LogP contribution in [0.2, 0.25) is 5.02 Å². The summed E-state index contributed by atoms with van der Waals surface area (Å²) in [5.74, 6) is -1.40. The fourth-order valence-electron chi connectivity index (χ4n) is 2.26. The molecule has 1 fully saturated rings. The third kappa shape index (κ3) is 1.94. The molecule has 2 heterocycles. The minimum Gasteiger partial charge on any atom is -0.481 e. The fourth-order valence-corrected chi connectivity index (χ4v) is 2.43. The number of carboxylic acids is 1. The number of benzene rings is 1. The number of fused-ring (bicyclic) bond motifs is 1. The van der Waals surface area contributed by atoms with E-state index in [-0.39, 0.29) is 18.9 Å². The molecule has 0 aliphatic carbocycles. The van der Waals surface area contributed by atoms with Crippen molar-refractivity contribution in [1.29, 1.82) is 0 Å². The summed E-state index contributed by atoms with van der Waals surface area (Å²) in [6.45, 7) is 0.150. The number of nitrogens with zero attached hydrogens (tertiary/aromatic N) is 2. The number of aromatic nitrogens is 2. The first-order valence-corrected chi connectivity index (χ1v) is 6.11. The molecule has 3 rings (SSSR count). The molecule has 19 heavy (non-hydrogen) atoms. The molecular weight excluding hydrogens is 270 g/mol. The zero-order valence-electron chi connectivity index (χ0n) is 9.76. The summed E-state index contributed by atoms with van der Waals surface area (Å²) < 4.78 is 0. The van der Waals surface area contributed by atoms with E-state index in [4.69, 9.17) is 16.7 Å². The minimum atomic E-state index is -0.960. The van der Waals surface area contributed by atoms with Crippen molar-refractivity contribution in [3.8, 4) is 0 Å². The highest BCUT2D eigenvalue weighted by Crippen LogP contribution is 2.30. The van der Waals surface area contributed by atoms with Gasteiger partial charge in [0.25, 0.3) is 0 Å². The predicted molar refractivity (Wildman–Crippen MR) is 69.2 cm³/mol. The van der Waals surface area contributed by atoms with Crippen LogP contribution in [0.25, 0.3) is 10.9 Å². The molecular formula is C12H10ClN3O3. The molecule has 1 unspecified atom stereocenters. The van der Waals surface area contributed by atoms with Crippen LogP contribution in [0.1, 0.15) is 6.42 Å². The summed E-state index contributed by atoms with van der Waals surface area (Å²) in [7, 11) is 0. The summed E-state index contributed by atoms with van der Waals surface area (Å²) in [5.41, 5.74) is 0.717. The molecule has 6 nitrogen and oxygen atoms in total. The summed E-state index contributed by atoms with van der Waals surface area (Å²) in [6.07, 6.45) is 0.0112. The highest BCUT2D eigenvalue weighted by Gasteiger charge is 2.36. The molecule has 1 aliphatic heterocycles. The number of hydrogen-bond acceptors (Lipinski definition) is 3. The molecule has 1 aliphatic rings. The van der Waals surface area contributed by atoms with Gasteiger partial charge in [-0.1, -0.05) is 11.6 Å². The van der Waals surface area contributed by atoms with Gasteiger partial charge < -0.3 is 5.11 Å². The Balaban J connectivity index is 2.01. The normalized spacial score (nSPS) is 19.3. The van der Waals surface area contributed by atoms with E-state index in [9.17, 15) is 9.59 Å². The van der Waals surface area contributed by atoms with Gasteiger partial charge in [0.1, 0.15) is 0 Å². The van der Waals surface area contributed by atoms with Crippen LogP contribution in [0.5, 0.6) is 0 Å². The van der Waals surface area contributed by atoms with Gasteiger partial charge in [-0.05, 0) is 18.2 Å². The lowest BCUT2D eigenvalue weighted by molar-refractivity contribution is -0.141. The Hall–Kier alpha value is -2.08. The maximum atomic E-state index is 11.9. The Bertz CT molecular complexity index is 682. The van der Waals surface area contributed by atoms with Crippen molar-refractivity contribution in [3.63, 3.8) is 0 Å². The molecule has 2 aromatic rings. The standard InChI is InChI=1S/C12H10ClN3O3/c13-7-1-2-8-9(4-7)14-15-11(8)16-5-6(12(18)19)3-10(16)17/h1-2,4,6H,3,5H2,(H,14,15)(H,18,19). The van der Waals surface area contributed by atoms with Crippen LogP contribution in [0.15, 0.2) is 18.2 Å². The first kappa shape index (κ1) is 12.0. The van der Waals surface area contributed by atoms with E-state index in [1.165, 1.54) is 4.90 Å². The summed E-state index contributed by atoms with van der Waals surface area (Å²) in [4.78, 5) is 24.2. The van der Waals surface area contributed by atoms with Gasteiger partial charge in [-0.25, -0.2) is 0 Å². The number of anilines is 1. The molecule has 7 heteroatoms. The third-order valence-electron chi connectivity index (χ3n) is 3.23. The van der Waals surface area contributed by atoms with Gasteiger partial charge in [-0.2, -0.15) is 5.10 Å². The van der Waals surface area contributed by atoms with E-state index in [1.807, 2.05) is 0 Å². The Morgan fingerprint density at radius 3 is 3.00 bits per heavy atom. The number of hydrogen-bond donors (Lipinski definition) is 2. The number of halogens is 1. The molecule has 0 radical (unpaired) electrons. The lowest BCUT2D eigenvalue weighted by atomic mass is 10.1. The first-order chi connectivity index (χ1) is 9.06. The molecule has 98 valence electrons. The van der Waals surface area contributed by atoms with E-state index < -0.39 is 11.9 Å². The maximum Gasteiger partial charge on any atom is 0.308 e. The number of carbonyl (C=O) groups is 2. The van der Waals surface area contributed by atoms with E-state index in [0.717, 1.165) is 5.39 Å². The first-order valence-electron chi connectivity index (χ1n) is 5.73. The van der Waals surface area contributed by atoms with Gasteiger partial charge in [-0.3, -0.25) is 19.6 Å². The van der Waals surface area contributed by atoms with Crippen LogP contribution < -0.4 is 4.90 Å². The summed E-state index contributed by atoms with van der Waals surface area (Å²) in [6, 6.07) is 5.18. The number of aliphatic carboxylic acids is 1. The van der Waals surface area contributed by atoms with Crippen LogP contribution in [-0.2, 0) is 9.59 Å². The number of carboxylic acid groups (broad SMARTS) is 1. The van der Waals surface area contributed by atoms with Crippen LogP contribution in [-0.4, -0.2) is 33.7 Å². The molecule has 1 saturated heterocycles. The topological polar surface area (TPSA) is 86.3 Å². The van der Waals surface area contributed by atoms with Crippen LogP contribution in [0, 0.1) is 5.92 Å². The number of carbonyl (C=O) groups excluding carboxylic acids is 1. The Morgan fingerprint density at radius 1 is 1.53 bits per heavy atom. The predicted octanol–water partition coefficient (Wildman–Crippen LogP) is 1.65. The molecule has 1 amide bonds. The van der Waals surface area contributed by atoms with Gasteiger partial charge in [0, 0.05) is 23.4 Å². The number of amides is 1. The van der Waals surface area contributed by atoms with Crippen molar-refractivity contribution in [3.05, 3.63) is 23.2 Å². The smallest absolute Gasteiger partial charge is 0.308 e. The molecule has 0 saturated carbocycles. The minimum absolute atomic E-state index is 0.0112. The lowest BCUT2D eigenvalue weighted by Gasteiger charge is -2.12. The quantitative estimate of drug-likeness (QED) is 0.875. The van der Waals surface area contributed by atoms with Crippen LogP contribution >= 0.6 is 11.6 Å². The van der Waals surface area contributed by atoms with Crippen molar-refractivity contribution in [2.24, 2.45) is 5.92 Å². The molecule has 0 spiro atoms. The van der Waals surface area contributed by atoms with Crippen molar-refractivity contribution >= 4 is 40.2 Å². The van der Waals surface area contributed by atoms with Gasteiger partial charge >= 0.3 is 5.97 Å². The molecule has 1 atom stereocenters. The molecule has 0 bridgehead atoms. The Morgan fingerprint density at radius 2 is 2.32 bits per heavy atom. The third-order valence-corrected chi connectivity index (χ3v) is 3.47. The zero-order chi connectivity index (χ0) is 13.6. The van der Waals surface area contributed by atoms with E-state index in [0.29, 0.717) is 16.4 Å². The maximum absolute atomic E-state index is 11.9. The van der Waals surface area contributed by atoms with Crippen LogP contribution in [0.3, 0.4) is 0 Å². The summed E-state index contributed by atoms with van der Waals surface area (Å²) >= 11 is 5.87. The summed E-state index contributed by atoms with van der Waals surface area (Å²) in [5, 5.41) is 17.2. The SMILES string of the molecule is O=C(O)C1CC(=O)N(c2n[nH]c3cc(Cl)ccc23)C1. The monoisotopic (exact) mass is 279 g/mol. The van der Waals surface area contributed by atoms with E-state index >= 15 is 0 Å². The lowest BCUT2D eigenvalue weighted by Crippen LogP contribution is -2.26. The second-order valence-corrected chi connectivity index (χ2v) is 4.92. The van der Waals surface area contributed by atoms with Crippen molar-refractivity contribution < 1.29 is 14.7 Å². The number of H-pyrrole nitrogens is 1. The Labute approximate surface area is 113 Å². The van der Waals surface area contributed by atoms with Gasteiger partial charge in [0.05, 0.1) is 11.4 Å². The second-order valence-electron chi connectivity index (χ2n) is 4.48. The highest BCUT2D eigenvalue weighted by molar-refractivity contribution is 6.31. The van der Waals surface area contributed by atoms with Crippen molar-refractivity contribution in [2.75, 3.05) is 11.4 Å². The highest BCUT2D eigenvalue weighted by atomic mass is 35.5. The number of rotatable bonds is 2. The zero-order valence-corrected chi connectivity index (χ0v) is 10.5. The van der Waals surface area contributed by atoms with Crippen molar-refractivity contribution in [2.45, 2.75) is 6.42 Å². The van der Waals surface area contributed by atoms with Gasteiger partial charge in [0.15, 0.2) is 5.82 Å². The molecule has 1 aromatic heterocycles. The van der Waals surface area contributed by atoms with Crippen molar-refractivity contribution in [1.82, 2.24) is 10.2 Å². The number of nitrogens with one attached hydrogen (secondary N) is 1. The van der Waals surface area contributed by atoms with Crippen LogP contribution in [0.4, 0.5) is 5.82 Å². The molecule has 2 N–H and O–H groups in total. The average Bonchev–Trinajstić information content (AvgIpc) is 2.92. The van der Waals surface area contributed by atoms with E-state index in [2.05, 4.69) is 10.2 Å². The number of aromatic amines is 1. The fraction of sp³-hybridized carbons (Fsp3) is 0.250. The average molecular weight is 280 g/mol. The van der Waals surface area contributed by atoms with Gasteiger partial charge in [0.2, 0.25) is 5.91 Å². The Kier molecular flexibility index (Phi) is 2.67. The van der Waals surface area contributed by atoms with E-state index in [1.54, 1.807) is 18.2 Å². The second kappa shape index (κ2) is 4.24.